The second kappa shape index (κ2) is 7.07. The van der Waals surface area contributed by atoms with Gasteiger partial charge in [-0.3, -0.25) is 4.79 Å². The van der Waals surface area contributed by atoms with Gasteiger partial charge in [0.25, 0.3) is 0 Å². The summed E-state index contributed by atoms with van der Waals surface area (Å²) in [5.74, 6) is 0.634. The van der Waals surface area contributed by atoms with Crippen molar-refractivity contribution in [3.8, 4) is 0 Å². The lowest BCUT2D eigenvalue weighted by Crippen LogP contribution is -2.40. The summed E-state index contributed by atoms with van der Waals surface area (Å²) in [5, 5.41) is 15.2. The van der Waals surface area contributed by atoms with E-state index < -0.39 is 0 Å². The summed E-state index contributed by atoms with van der Waals surface area (Å²) in [4.78, 5) is 14.6. The van der Waals surface area contributed by atoms with E-state index in [1.54, 1.807) is 23.0 Å². The molecule has 2 aromatic heterocycles. The van der Waals surface area contributed by atoms with E-state index >= 15 is 0 Å². The summed E-state index contributed by atoms with van der Waals surface area (Å²) in [6.07, 6.45) is 3.13. The summed E-state index contributed by atoms with van der Waals surface area (Å²) in [5.41, 5.74) is 1.60. The average Bonchev–Trinajstić information content (AvgIpc) is 3.15. The number of nitrogens with zero attached hydrogens (tertiary/aromatic N) is 5. The van der Waals surface area contributed by atoms with Crippen molar-refractivity contribution in [1.82, 2.24) is 25.1 Å². The lowest BCUT2D eigenvalue weighted by atomic mass is 9.96. The van der Waals surface area contributed by atoms with Gasteiger partial charge in [0.2, 0.25) is 5.91 Å². The van der Waals surface area contributed by atoms with Gasteiger partial charge in [-0.15, -0.1) is 15.3 Å². The Kier molecular flexibility index (Phi) is 4.47. The first-order valence-corrected chi connectivity index (χ1v) is 8.63. The Balaban J connectivity index is 1.31. The van der Waals surface area contributed by atoms with Crippen molar-refractivity contribution >= 4 is 17.4 Å². The van der Waals surface area contributed by atoms with Crippen LogP contribution in [0.15, 0.2) is 42.7 Å². The van der Waals surface area contributed by atoms with Crippen LogP contribution in [0.2, 0.25) is 0 Å². The molecule has 134 valence electrons. The molecule has 7 nitrogen and oxygen atoms in total. The highest BCUT2D eigenvalue weighted by Gasteiger charge is 2.25. The zero-order valence-corrected chi connectivity index (χ0v) is 14.2. The first kappa shape index (κ1) is 16.4. The molecule has 3 heterocycles. The minimum Gasteiger partial charge on any atom is -0.355 e. The van der Waals surface area contributed by atoms with Gasteiger partial charge >= 0.3 is 0 Å². The van der Waals surface area contributed by atoms with Gasteiger partial charge in [0.05, 0.1) is 0 Å². The predicted molar refractivity (Wildman–Crippen MR) is 94.0 cm³/mol. The quantitative estimate of drug-likeness (QED) is 0.773. The third kappa shape index (κ3) is 3.49. The molecule has 4 rings (SSSR count). The van der Waals surface area contributed by atoms with E-state index in [0.29, 0.717) is 12.2 Å². The summed E-state index contributed by atoms with van der Waals surface area (Å²) in [6.45, 7) is 1.97. The third-order valence-corrected chi connectivity index (χ3v) is 4.72. The number of aromatic nitrogens is 4. The molecule has 0 saturated carbocycles. The van der Waals surface area contributed by atoms with Crippen molar-refractivity contribution in [2.24, 2.45) is 5.92 Å². The number of fused-ring (bicyclic) bond motifs is 1. The number of halogens is 1. The number of rotatable bonds is 4. The van der Waals surface area contributed by atoms with Crippen molar-refractivity contribution in [3.63, 3.8) is 0 Å². The number of carbonyl (C=O) groups excluding carboxylic acids is 1. The topological polar surface area (TPSA) is 75.4 Å². The van der Waals surface area contributed by atoms with Crippen molar-refractivity contribution in [2.45, 2.75) is 19.4 Å². The van der Waals surface area contributed by atoms with E-state index in [-0.39, 0.29) is 17.6 Å². The molecular weight excluding hydrogens is 335 g/mol. The number of hydrogen-bond donors (Lipinski definition) is 1. The molecule has 8 heteroatoms. The Hall–Kier alpha value is -3.03. The maximum atomic E-state index is 12.9. The van der Waals surface area contributed by atoms with E-state index in [0.717, 1.165) is 37.3 Å². The maximum Gasteiger partial charge on any atom is 0.223 e. The molecule has 0 radical (unpaired) electrons. The standard InChI is InChI=1S/C18H19FN6O/c19-15-3-1-13(2-4-15)11-20-18(26)14-7-9-24(10-8-14)17-6-5-16-22-21-12-25(16)23-17/h1-6,12,14H,7-11H2,(H,20,26). The number of amides is 1. The van der Waals surface area contributed by atoms with Gasteiger partial charge in [-0.1, -0.05) is 12.1 Å². The molecule has 0 bridgehead atoms. The zero-order valence-electron chi connectivity index (χ0n) is 14.2. The number of anilines is 1. The zero-order chi connectivity index (χ0) is 17.9. The van der Waals surface area contributed by atoms with Crippen molar-refractivity contribution in [3.05, 3.63) is 54.1 Å². The van der Waals surface area contributed by atoms with Gasteiger partial charge in [-0.25, -0.2) is 4.39 Å². The van der Waals surface area contributed by atoms with Gasteiger partial charge in [-0.2, -0.15) is 4.52 Å². The SMILES string of the molecule is O=C(NCc1ccc(F)cc1)C1CCN(c2ccc3nncn3n2)CC1. The van der Waals surface area contributed by atoms with Crippen molar-refractivity contribution in [1.29, 1.82) is 0 Å². The second-order valence-electron chi connectivity index (χ2n) is 6.43. The number of carbonyl (C=O) groups is 1. The lowest BCUT2D eigenvalue weighted by Gasteiger charge is -2.32. The van der Waals surface area contributed by atoms with E-state index in [1.165, 1.54) is 12.1 Å². The van der Waals surface area contributed by atoms with Crippen molar-refractivity contribution < 1.29 is 9.18 Å². The molecule has 3 aromatic rings. The van der Waals surface area contributed by atoms with Crippen LogP contribution in [0.1, 0.15) is 18.4 Å². The number of piperidine rings is 1. The Morgan fingerprint density at radius 1 is 1.15 bits per heavy atom. The molecule has 0 atom stereocenters. The summed E-state index contributed by atoms with van der Waals surface area (Å²) in [7, 11) is 0. The smallest absolute Gasteiger partial charge is 0.223 e. The Morgan fingerprint density at radius 3 is 2.69 bits per heavy atom. The second-order valence-corrected chi connectivity index (χ2v) is 6.43. The van der Waals surface area contributed by atoms with Crippen molar-refractivity contribution in [2.75, 3.05) is 18.0 Å². The van der Waals surface area contributed by atoms with Crippen LogP contribution in [-0.2, 0) is 11.3 Å². The Bertz CT molecular complexity index is 901. The Morgan fingerprint density at radius 2 is 1.92 bits per heavy atom. The van der Waals surface area contributed by atoms with Gasteiger partial charge in [0, 0.05) is 25.6 Å². The monoisotopic (exact) mass is 354 g/mol. The van der Waals surface area contributed by atoms with E-state index in [1.807, 2.05) is 12.1 Å². The predicted octanol–water partition coefficient (Wildman–Crippen LogP) is 1.80. The van der Waals surface area contributed by atoms with Crippen LogP contribution in [0.4, 0.5) is 10.2 Å². The molecule has 1 saturated heterocycles. The van der Waals surface area contributed by atoms with Gasteiger partial charge in [-0.05, 0) is 42.7 Å². The minimum absolute atomic E-state index is 0.00894. The molecule has 1 fully saturated rings. The lowest BCUT2D eigenvalue weighted by molar-refractivity contribution is -0.125. The van der Waals surface area contributed by atoms with E-state index in [4.69, 9.17) is 0 Å². The fraction of sp³-hybridized carbons (Fsp3) is 0.333. The fourth-order valence-electron chi connectivity index (χ4n) is 3.19. The molecule has 1 N–H and O–H groups in total. The van der Waals surface area contributed by atoms with Gasteiger partial charge < -0.3 is 10.2 Å². The third-order valence-electron chi connectivity index (χ3n) is 4.72. The normalized spacial score (nSPS) is 15.3. The number of hydrogen-bond acceptors (Lipinski definition) is 5. The highest BCUT2D eigenvalue weighted by Crippen LogP contribution is 2.22. The molecular formula is C18H19FN6O. The van der Waals surface area contributed by atoms with Crippen LogP contribution in [0, 0.1) is 11.7 Å². The van der Waals surface area contributed by atoms with Crippen LogP contribution < -0.4 is 10.2 Å². The van der Waals surface area contributed by atoms with Gasteiger partial charge in [0.1, 0.15) is 18.0 Å². The number of nitrogens with one attached hydrogen (secondary N) is 1. The minimum atomic E-state index is -0.272. The van der Waals surface area contributed by atoms with E-state index in [9.17, 15) is 9.18 Å². The molecule has 0 spiro atoms. The summed E-state index contributed by atoms with van der Waals surface area (Å²) < 4.78 is 14.6. The fourth-order valence-corrected chi connectivity index (χ4v) is 3.19. The summed E-state index contributed by atoms with van der Waals surface area (Å²) in [6, 6.07) is 9.99. The molecule has 0 aliphatic carbocycles. The highest BCUT2D eigenvalue weighted by molar-refractivity contribution is 5.79. The van der Waals surface area contributed by atoms with Crippen LogP contribution in [0.25, 0.3) is 5.65 Å². The molecule has 0 unspecified atom stereocenters. The van der Waals surface area contributed by atoms with Crippen LogP contribution >= 0.6 is 0 Å². The number of benzene rings is 1. The molecule has 1 aromatic carbocycles. The van der Waals surface area contributed by atoms with Crippen LogP contribution in [-0.4, -0.2) is 38.8 Å². The molecule has 1 aliphatic rings. The first-order valence-electron chi connectivity index (χ1n) is 8.63. The largest absolute Gasteiger partial charge is 0.355 e. The first-order chi connectivity index (χ1) is 12.7. The van der Waals surface area contributed by atoms with Gasteiger partial charge in [0.15, 0.2) is 5.65 Å². The average molecular weight is 354 g/mol. The maximum absolute atomic E-state index is 12.9. The van der Waals surface area contributed by atoms with E-state index in [2.05, 4.69) is 25.5 Å². The molecule has 1 amide bonds. The highest BCUT2D eigenvalue weighted by atomic mass is 19.1. The molecule has 1 aliphatic heterocycles. The Labute approximate surface area is 149 Å². The summed E-state index contributed by atoms with van der Waals surface area (Å²) >= 11 is 0. The van der Waals surface area contributed by atoms with Crippen LogP contribution in [0.3, 0.4) is 0 Å². The molecule has 26 heavy (non-hydrogen) atoms. The van der Waals surface area contributed by atoms with Crippen LogP contribution in [0.5, 0.6) is 0 Å².